The highest BCUT2D eigenvalue weighted by molar-refractivity contribution is 7.90. The van der Waals surface area contributed by atoms with E-state index in [0.717, 1.165) is 0 Å². The fourth-order valence-corrected chi connectivity index (χ4v) is 3.76. The lowest BCUT2D eigenvalue weighted by atomic mass is 10.1. The Balaban J connectivity index is 1.99. The van der Waals surface area contributed by atoms with Crippen molar-refractivity contribution in [2.45, 2.75) is 38.0 Å². The van der Waals surface area contributed by atoms with Gasteiger partial charge in [0.05, 0.1) is 5.25 Å². The fraction of sp³-hybridized carbons (Fsp3) is 0.500. The van der Waals surface area contributed by atoms with Crippen LogP contribution in [-0.4, -0.2) is 44.7 Å². The van der Waals surface area contributed by atoms with E-state index in [1.807, 2.05) is 0 Å². The number of nitrogens with one attached hydrogen (secondary N) is 1. The number of carbonyl (C=O) groups excluding carboxylic acids is 2. The van der Waals surface area contributed by atoms with Crippen LogP contribution in [0.2, 0.25) is 0 Å². The number of sulfonamides is 1. The first-order valence-corrected chi connectivity index (χ1v) is 9.25. The molecule has 2 rings (SSSR count). The molecule has 0 aliphatic carbocycles. The first-order valence-electron chi connectivity index (χ1n) is 7.70. The molecule has 0 bridgehead atoms. The van der Waals surface area contributed by atoms with Gasteiger partial charge in [-0.15, -0.1) is 0 Å². The van der Waals surface area contributed by atoms with Crippen LogP contribution in [-0.2, 0) is 19.6 Å². The Kier molecular flexibility index (Phi) is 5.95. The van der Waals surface area contributed by atoms with Crippen LogP contribution in [0.3, 0.4) is 0 Å². The first kappa shape index (κ1) is 18.4. The maximum Gasteiger partial charge on any atom is 0.274 e. The molecule has 1 atom stereocenters. The number of Topliss-reactive ketones (excluding diaryl/α,β-unsaturated/α-hetero) is 1. The molecule has 1 amide bonds. The Hall–Kier alpha value is -1.93. The van der Waals surface area contributed by atoms with Crippen LogP contribution in [0.25, 0.3) is 0 Å². The van der Waals surface area contributed by atoms with Crippen LogP contribution < -0.4 is 9.46 Å². The summed E-state index contributed by atoms with van der Waals surface area (Å²) in [7, 11) is -3.76. The predicted octanol–water partition coefficient (Wildman–Crippen LogP) is 1.28. The second-order valence-corrected chi connectivity index (χ2v) is 7.63. The van der Waals surface area contributed by atoms with Gasteiger partial charge in [-0.25, -0.2) is 13.1 Å². The number of hydrogen-bond donors (Lipinski definition) is 1. The molecule has 132 valence electrons. The molecule has 1 aromatic rings. The largest absolute Gasteiger partial charge is 0.481 e. The van der Waals surface area contributed by atoms with Gasteiger partial charge in [-0.1, -0.05) is 12.1 Å². The van der Waals surface area contributed by atoms with Crippen LogP contribution in [0, 0.1) is 0 Å². The Morgan fingerprint density at radius 1 is 1.29 bits per heavy atom. The molecule has 8 heteroatoms. The SMILES string of the molecule is CC(=O)c1cccc(OC(C)C(=O)NS(=O)(=O)C2CCOCC2)c1. The molecule has 1 aromatic carbocycles. The molecule has 1 unspecified atom stereocenters. The molecule has 24 heavy (non-hydrogen) atoms. The summed E-state index contributed by atoms with van der Waals surface area (Å²) in [5.41, 5.74) is 0.454. The van der Waals surface area contributed by atoms with E-state index in [1.54, 1.807) is 18.2 Å². The number of amides is 1. The standard InChI is InChI=1S/C16H21NO6S/c1-11(18)13-4-3-5-14(10-13)23-12(2)16(19)17-24(20,21)15-6-8-22-9-7-15/h3-5,10,12,15H,6-9H2,1-2H3,(H,17,19). The minimum atomic E-state index is -3.76. The third-order valence-electron chi connectivity index (χ3n) is 3.77. The van der Waals surface area contributed by atoms with E-state index in [2.05, 4.69) is 4.72 Å². The summed E-state index contributed by atoms with van der Waals surface area (Å²) in [5.74, 6) is -0.539. The quantitative estimate of drug-likeness (QED) is 0.772. The molecule has 1 aliphatic rings. The topological polar surface area (TPSA) is 98.8 Å². The summed E-state index contributed by atoms with van der Waals surface area (Å²) < 4.78 is 37.1. The average molecular weight is 355 g/mol. The lowest BCUT2D eigenvalue weighted by Crippen LogP contribution is -2.45. The van der Waals surface area contributed by atoms with E-state index in [4.69, 9.17) is 9.47 Å². The molecule has 1 heterocycles. The van der Waals surface area contributed by atoms with Crippen molar-refractivity contribution in [2.75, 3.05) is 13.2 Å². The average Bonchev–Trinajstić information content (AvgIpc) is 2.55. The Morgan fingerprint density at radius 3 is 2.58 bits per heavy atom. The lowest BCUT2D eigenvalue weighted by Gasteiger charge is -2.23. The number of ketones is 1. The van der Waals surface area contributed by atoms with Gasteiger partial charge in [0.15, 0.2) is 11.9 Å². The lowest BCUT2D eigenvalue weighted by molar-refractivity contribution is -0.125. The van der Waals surface area contributed by atoms with E-state index in [9.17, 15) is 18.0 Å². The predicted molar refractivity (Wildman–Crippen MR) is 87.4 cm³/mol. The Bertz CT molecular complexity index is 709. The van der Waals surface area contributed by atoms with Crippen LogP contribution in [0.4, 0.5) is 0 Å². The molecule has 1 fully saturated rings. The maximum atomic E-state index is 12.2. The molecular formula is C16H21NO6S. The molecule has 0 radical (unpaired) electrons. The first-order chi connectivity index (χ1) is 11.3. The third kappa shape index (κ3) is 4.78. The van der Waals surface area contributed by atoms with Gasteiger partial charge in [-0.05, 0) is 38.8 Å². The summed E-state index contributed by atoms with van der Waals surface area (Å²) >= 11 is 0. The highest BCUT2D eigenvalue weighted by atomic mass is 32.2. The van der Waals surface area contributed by atoms with Crippen LogP contribution in [0.1, 0.15) is 37.0 Å². The van der Waals surface area contributed by atoms with Crippen molar-refractivity contribution in [1.29, 1.82) is 0 Å². The molecular weight excluding hydrogens is 334 g/mol. The monoisotopic (exact) mass is 355 g/mol. The zero-order valence-electron chi connectivity index (χ0n) is 13.7. The summed E-state index contributed by atoms with van der Waals surface area (Å²) in [6, 6.07) is 6.38. The number of benzene rings is 1. The summed E-state index contributed by atoms with van der Waals surface area (Å²) in [4.78, 5) is 23.5. The van der Waals surface area contributed by atoms with E-state index < -0.39 is 27.3 Å². The molecule has 1 aliphatic heterocycles. The van der Waals surface area contributed by atoms with Gasteiger partial charge in [-0.2, -0.15) is 0 Å². The smallest absolute Gasteiger partial charge is 0.274 e. The van der Waals surface area contributed by atoms with Crippen LogP contribution >= 0.6 is 0 Å². The van der Waals surface area contributed by atoms with Crippen molar-refractivity contribution in [3.63, 3.8) is 0 Å². The van der Waals surface area contributed by atoms with Crippen molar-refractivity contribution in [3.8, 4) is 5.75 Å². The van der Waals surface area contributed by atoms with Gasteiger partial charge in [0.2, 0.25) is 10.0 Å². The summed E-state index contributed by atoms with van der Waals surface area (Å²) in [6.07, 6.45) is -0.293. The summed E-state index contributed by atoms with van der Waals surface area (Å²) in [5, 5.41) is -0.636. The van der Waals surface area contributed by atoms with Gasteiger partial charge in [0.25, 0.3) is 5.91 Å². The molecule has 1 N–H and O–H groups in total. The van der Waals surface area contributed by atoms with Gasteiger partial charge >= 0.3 is 0 Å². The molecule has 7 nitrogen and oxygen atoms in total. The van der Waals surface area contributed by atoms with Gasteiger partial charge in [0.1, 0.15) is 5.75 Å². The highest BCUT2D eigenvalue weighted by Gasteiger charge is 2.31. The van der Waals surface area contributed by atoms with Crippen molar-refractivity contribution in [1.82, 2.24) is 4.72 Å². The second kappa shape index (κ2) is 7.76. The summed E-state index contributed by atoms with van der Waals surface area (Å²) in [6.45, 7) is 3.61. The zero-order valence-corrected chi connectivity index (χ0v) is 14.5. The maximum absolute atomic E-state index is 12.2. The molecule has 1 saturated heterocycles. The zero-order chi connectivity index (χ0) is 17.7. The second-order valence-electron chi connectivity index (χ2n) is 5.67. The number of rotatable bonds is 6. The minimum absolute atomic E-state index is 0.125. The highest BCUT2D eigenvalue weighted by Crippen LogP contribution is 2.17. The van der Waals surface area contributed by atoms with E-state index >= 15 is 0 Å². The van der Waals surface area contributed by atoms with Crippen LogP contribution in [0.15, 0.2) is 24.3 Å². The van der Waals surface area contributed by atoms with Crippen molar-refractivity contribution < 1.29 is 27.5 Å². The van der Waals surface area contributed by atoms with Crippen molar-refractivity contribution >= 4 is 21.7 Å². The van der Waals surface area contributed by atoms with Crippen molar-refractivity contribution in [3.05, 3.63) is 29.8 Å². The van der Waals surface area contributed by atoms with E-state index in [1.165, 1.54) is 19.9 Å². The minimum Gasteiger partial charge on any atom is -0.481 e. The normalized spacial score (nSPS) is 17.1. The Labute approximate surface area is 141 Å². The number of ether oxygens (including phenoxy) is 2. The number of hydrogen-bond acceptors (Lipinski definition) is 6. The molecule has 0 saturated carbocycles. The van der Waals surface area contributed by atoms with Gasteiger partial charge in [-0.3, -0.25) is 9.59 Å². The molecule has 0 aromatic heterocycles. The number of carbonyl (C=O) groups is 2. The van der Waals surface area contributed by atoms with E-state index in [-0.39, 0.29) is 5.78 Å². The third-order valence-corrected chi connectivity index (χ3v) is 5.61. The van der Waals surface area contributed by atoms with Gasteiger partial charge < -0.3 is 9.47 Å². The van der Waals surface area contributed by atoms with Crippen molar-refractivity contribution in [2.24, 2.45) is 0 Å². The van der Waals surface area contributed by atoms with Gasteiger partial charge in [0, 0.05) is 18.8 Å². The molecule has 0 spiro atoms. The fourth-order valence-electron chi connectivity index (χ4n) is 2.34. The Morgan fingerprint density at radius 2 is 1.96 bits per heavy atom. The van der Waals surface area contributed by atoms with Crippen LogP contribution in [0.5, 0.6) is 5.75 Å². The van der Waals surface area contributed by atoms with E-state index in [0.29, 0.717) is 37.4 Å².